The largest absolute Gasteiger partial charge is 0.481 e. The van der Waals surface area contributed by atoms with E-state index in [1.165, 1.54) is 0 Å². The fraction of sp³-hybridized carbons (Fsp3) is 0.818. The van der Waals surface area contributed by atoms with Crippen LogP contribution >= 0.6 is 0 Å². The van der Waals surface area contributed by atoms with Gasteiger partial charge in [-0.2, -0.15) is 0 Å². The zero-order valence-corrected chi connectivity index (χ0v) is 10.5. The monoisotopic (exact) mass is 230 g/mol. The molecule has 0 radical (unpaired) electrons. The molecule has 0 aromatic carbocycles. The van der Waals surface area contributed by atoms with Gasteiger partial charge in [-0.05, 0) is 27.2 Å². The topological polar surface area (TPSA) is 78.4 Å². The van der Waals surface area contributed by atoms with E-state index in [0.29, 0.717) is 0 Å². The standard InChI is InChI=1S/C11H22N2O3/c1-5-6-8(2)13-10(16)12-7-11(3,4)9(14)15/h8H,5-7H2,1-4H3,(H,14,15)(H2,12,13,16). The Kier molecular flexibility index (Phi) is 5.85. The van der Waals surface area contributed by atoms with E-state index in [0.717, 1.165) is 12.8 Å². The van der Waals surface area contributed by atoms with Gasteiger partial charge in [-0.25, -0.2) is 4.79 Å². The predicted molar refractivity (Wildman–Crippen MR) is 62.3 cm³/mol. The lowest BCUT2D eigenvalue weighted by Crippen LogP contribution is -2.46. The number of aliphatic carboxylic acids is 1. The third kappa shape index (κ3) is 5.58. The average molecular weight is 230 g/mol. The molecule has 94 valence electrons. The molecule has 0 spiro atoms. The summed E-state index contributed by atoms with van der Waals surface area (Å²) in [5, 5.41) is 14.2. The summed E-state index contributed by atoms with van der Waals surface area (Å²) in [7, 11) is 0. The molecule has 0 aromatic heterocycles. The first-order chi connectivity index (χ1) is 7.29. The third-order valence-electron chi connectivity index (χ3n) is 2.37. The highest BCUT2D eigenvalue weighted by Gasteiger charge is 2.27. The Balaban J connectivity index is 3.94. The van der Waals surface area contributed by atoms with Gasteiger partial charge in [0.05, 0.1) is 5.41 Å². The summed E-state index contributed by atoms with van der Waals surface area (Å²) in [6, 6.07) is -0.201. The van der Waals surface area contributed by atoms with Crippen molar-refractivity contribution in [2.75, 3.05) is 6.54 Å². The number of hydrogen-bond acceptors (Lipinski definition) is 2. The highest BCUT2D eigenvalue weighted by Crippen LogP contribution is 2.12. The average Bonchev–Trinajstić information content (AvgIpc) is 2.15. The number of carbonyl (C=O) groups excluding carboxylic acids is 1. The van der Waals surface area contributed by atoms with Crippen molar-refractivity contribution < 1.29 is 14.7 Å². The van der Waals surface area contributed by atoms with Gasteiger partial charge in [0, 0.05) is 12.6 Å². The van der Waals surface area contributed by atoms with E-state index in [2.05, 4.69) is 10.6 Å². The molecule has 1 atom stereocenters. The first-order valence-corrected chi connectivity index (χ1v) is 5.57. The van der Waals surface area contributed by atoms with Crippen molar-refractivity contribution in [1.29, 1.82) is 0 Å². The number of carboxylic acids is 1. The fourth-order valence-electron chi connectivity index (χ4n) is 1.16. The van der Waals surface area contributed by atoms with Crippen LogP contribution in [0.2, 0.25) is 0 Å². The quantitative estimate of drug-likeness (QED) is 0.648. The second-order valence-electron chi connectivity index (χ2n) is 4.71. The van der Waals surface area contributed by atoms with Crippen LogP contribution in [0.3, 0.4) is 0 Å². The second-order valence-corrected chi connectivity index (χ2v) is 4.71. The van der Waals surface area contributed by atoms with Gasteiger partial charge in [-0.3, -0.25) is 4.79 Å². The maximum Gasteiger partial charge on any atom is 0.315 e. The maximum absolute atomic E-state index is 11.4. The van der Waals surface area contributed by atoms with E-state index < -0.39 is 11.4 Å². The molecule has 0 heterocycles. The molecule has 5 nitrogen and oxygen atoms in total. The Morgan fingerprint density at radius 2 is 1.94 bits per heavy atom. The van der Waals surface area contributed by atoms with Crippen LogP contribution in [0, 0.1) is 5.41 Å². The van der Waals surface area contributed by atoms with E-state index in [4.69, 9.17) is 5.11 Å². The Morgan fingerprint density at radius 1 is 1.38 bits per heavy atom. The summed E-state index contributed by atoms with van der Waals surface area (Å²) in [6.45, 7) is 7.23. The normalized spacial score (nSPS) is 13.0. The van der Waals surface area contributed by atoms with Gasteiger partial charge in [-0.1, -0.05) is 13.3 Å². The molecule has 0 saturated carbocycles. The van der Waals surface area contributed by atoms with Crippen LogP contribution < -0.4 is 10.6 Å². The SMILES string of the molecule is CCCC(C)NC(=O)NCC(C)(C)C(=O)O. The lowest BCUT2D eigenvalue weighted by Gasteiger charge is -2.20. The molecule has 5 heteroatoms. The van der Waals surface area contributed by atoms with Crippen molar-refractivity contribution in [3.8, 4) is 0 Å². The minimum Gasteiger partial charge on any atom is -0.481 e. The van der Waals surface area contributed by atoms with Crippen LogP contribution in [-0.4, -0.2) is 29.7 Å². The summed E-state index contributed by atoms with van der Waals surface area (Å²) >= 11 is 0. The molecule has 2 amide bonds. The molecule has 0 bridgehead atoms. The molecule has 0 aliphatic heterocycles. The Labute approximate surface area is 96.6 Å². The van der Waals surface area contributed by atoms with Crippen LogP contribution in [0.25, 0.3) is 0 Å². The molecule has 0 fully saturated rings. The van der Waals surface area contributed by atoms with Crippen LogP contribution in [0.1, 0.15) is 40.5 Å². The Morgan fingerprint density at radius 3 is 2.38 bits per heavy atom. The molecule has 16 heavy (non-hydrogen) atoms. The maximum atomic E-state index is 11.4. The second kappa shape index (κ2) is 6.35. The number of carbonyl (C=O) groups is 2. The van der Waals surface area contributed by atoms with Crippen molar-refractivity contribution >= 4 is 12.0 Å². The molecule has 0 rings (SSSR count). The van der Waals surface area contributed by atoms with Crippen LogP contribution in [0.15, 0.2) is 0 Å². The third-order valence-corrected chi connectivity index (χ3v) is 2.37. The lowest BCUT2D eigenvalue weighted by atomic mass is 9.94. The van der Waals surface area contributed by atoms with Gasteiger partial charge >= 0.3 is 12.0 Å². The number of nitrogens with one attached hydrogen (secondary N) is 2. The minimum absolute atomic E-state index is 0.109. The highest BCUT2D eigenvalue weighted by molar-refractivity contribution is 5.77. The number of hydrogen-bond donors (Lipinski definition) is 3. The van der Waals surface area contributed by atoms with Gasteiger partial charge in [0.15, 0.2) is 0 Å². The molecular weight excluding hydrogens is 208 g/mol. The van der Waals surface area contributed by atoms with Crippen molar-refractivity contribution in [1.82, 2.24) is 10.6 Å². The van der Waals surface area contributed by atoms with Gasteiger partial charge in [0.2, 0.25) is 0 Å². The summed E-state index contributed by atoms with van der Waals surface area (Å²) in [6.07, 6.45) is 1.91. The zero-order chi connectivity index (χ0) is 12.8. The molecule has 0 saturated heterocycles. The lowest BCUT2D eigenvalue weighted by molar-refractivity contribution is -0.146. The van der Waals surface area contributed by atoms with Crippen molar-refractivity contribution in [2.45, 2.75) is 46.6 Å². The minimum atomic E-state index is -0.939. The number of amides is 2. The summed E-state index contributed by atoms with van der Waals surface area (Å²) in [5.41, 5.74) is -0.939. The summed E-state index contributed by atoms with van der Waals surface area (Å²) in [5.74, 6) is -0.922. The number of urea groups is 1. The van der Waals surface area contributed by atoms with Crippen LogP contribution in [0.5, 0.6) is 0 Å². The van der Waals surface area contributed by atoms with Crippen molar-refractivity contribution in [3.05, 3.63) is 0 Å². The number of rotatable bonds is 6. The molecule has 0 aliphatic rings. The molecule has 0 aromatic rings. The smallest absolute Gasteiger partial charge is 0.315 e. The zero-order valence-electron chi connectivity index (χ0n) is 10.5. The van der Waals surface area contributed by atoms with Crippen LogP contribution in [0.4, 0.5) is 4.79 Å². The first kappa shape index (κ1) is 14.7. The predicted octanol–water partition coefficient (Wildman–Crippen LogP) is 1.58. The van der Waals surface area contributed by atoms with E-state index in [-0.39, 0.29) is 18.6 Å². The fourth-order valence-corrected chi connectivity index (χ4v) is 1.16. The molecular formula is C11H22N2O3. The van der Waals surface area contributed by atoms with Gasteiger partial charge in [0.25, 0.3) is 0 Å². The number of carboxylic acid groups (broad SMARTS) is 1. The molecule has 0 aliphatic carbocycles. The molecule has 1 unspecified atom stereocenters. The van der Waals surface area contributed by atoms with E-state index in [1.807, 2.05) is 13.8 Å². The highest BCUT2D eigenvalue weighted by atomic mass is 16.4. The van der Waals surface area contributed by atoms with Gasteiger partial charge < -0.3 is 15.7 Å². The van der Waals surface area contributed by atoms with Crippen molar-refractivity contribution in [2.24, 2.45) is 5.41 Å². The van der Waals surface area contributed by atoms with Crippen LogP contribution in [-0.2, 0) is 4.79 Å². The summed E-state index contributed by atoms with van der Waals surface area (Å²) in [4.78, 5) is 22.2. The van der Waals surface area contributed by atoms with Crippen molar-refractivity contribution in [3.63, 3.8) is 0 Å². The summed E-state index contributed by atoms with van der Waals surface area (Å²) < 4.78 is 0. The molecule has 3 N–H and O–H groups in total. The van der Waals surface area contributed by atoms with E-state index >= 15 is 0 Å². The Hall–Kier alpha value is -1.26. The van der Waals surface area contributed by atoms with E-state index in [1.54, 1.807) is 13.8 Å². The van der Waals surface area contributed by atoms with Gasteiger partial charge in [0.1, 0.15) is 0 Å². The van der Waals surface area contributed by atoms with E-state index in [9.17, 15) is 9.59 Å². The first-order valence-electron chi connectivity index (χ1n) is 5.57. The Bertz CT molecular complexity index is 252. The van der Waals surface area contributed by atoms with Gasteiger partial charge in [-0.15, -0.1) is 0 Å².